The minimum atomic E-state index is -0.745. The molecule has 4 heteroatoms. The summed E-state index contributed by atoms with van der Waals surface area (Å²) in [5.74, 6) is -0.745. The number of rotatable bonds is 7. The van der Waals surface area contributed by atoms with Crippen LogP contribution in [0.4, 0.5) is 4.53 Å². The molecule has 0 N–H and O–H groups in total. The van der Waals surface area contributed by atoms with E-state index in [0.29, 0.717) is 0 Å². The first-order valence-electron chi connectivity index (χ1n) is 4.62. The Hall–Kier alpha value is 0.0234. The Bertz CT molecular complexity index is 120. The van der Waals surface area contributed by atoms with E-state index >= 15 is 0 Å². The van der Waals surface area contributed by atoms with Gasteiger partial charge in [-0.05, 0) is 6.42 Å². The Morgan fingerprint density at radius 2 is 1.69 bits per heavy atom. The minimum Gasteiger partial charge on any atom is -0.255 e. The van der Waals surface area contributed by atoms with Crippen molar-refractivity contribution < 1.29 is 33.7 Å². The van der Waals surface area contributed by atoms with Gasteiger partial charge in [-0.1, -0.05) is 39.0 Å². The summed E-state index contributed by atoms with van der Waals surface area (Å²) >= 11 is 0. The van der Waals surface area contributed by atoms with E-state index in [4.69, 9.17) is 0 Å². The van der Waals surface area contributed by atoms with Gasteiger partial charge in [0.25, 0.3) is 0 Å². The normalized spacial score (nSPS) is 9.08. The zero-order valence-electron chi connectivity index (χ0n) is 8.35. The molecule has 0 saturated carbocycles. The topological polar surface area (TPSA) is 26.3 Å². The van der Waals surface area contributed by atoms with Gasteiger partial charge in [-0.25, -0.2) is 4.79 Å². The summed E-state index contributed by atoms with van der Waals surface area (Å²) in [6, 6.07) is 0. The van der Waals surface area contributed by atoms with Crippen molar-refractivity contribution in [2.45, 2.75) is 51.9 Å². The molecule has 0 fully saturated rings. The molecule has 0 aliphatic heterocycles. The van der Waals surface area contributed by atoms with Crippen LogP contribution in [-0.2, 0) is 29.2 Å². The standard InChI is InChI=1S/C9H17FO2.Zn/c1-2-3-4-5-6-7-8-9(11)12-10;/h2-8H2,1H3;. The van der Waals surface area contributed by atoms with Crippen molar-refractivity contribution in [1.82, 2.24) is 0 Å². The van der Waals surface area contributed by atoms with Crippen LogP contribution in [0.1, 0.15) is 51.9 Å². The fourth-order valence-electron chi connectivity index (χ4n) is 1.09. The van der Waals surface area contributed by atoms with E-state index in [2.05, 4.69) is 11.9 Å². The van der Waals surface area contributed by atoms with Crippen LogP contribution < -0.4 is 0 Å². The van der Waals surface area contributed by atoms with Gasteiger partial charge in [0.1, 0.15) is 0 Å². The number of carbonyl (C=O) groups excluding carboxylic acids is 1. The third-order valence-electron chi connectivity index (χ3n) is 1.82. The molecule has 0 spiro atoms. The van der Waals surface area contributed by atoms with E-state index in [1.165, 1.54) is 19.3 Å². The predicted molar refractivity (Wildman–Crippen MR) is 45.2 cm³/mol. The van der Waals surface area contributed by atoms with Crippen LogP contribution in [0.3, 0.4) is 0 Å². The molecule has 0 amide bonds. The molecule has 0 aromatic heterocycles. The molecule has 0 aliphatic rings. The Labute approximate surface area is 91.9 Å². The molecule has 0 aliphatic carbocycles. The fourth-order valence-corrected chi connectivity index (χ4v) is 1.09. The van der Waals surface area contributed by atoms with Crippen molar-refractivity contribution in [3.05, 3.63) is 0 Å². The molecule has 74 valence electrons. The maximum absolute atomic E-state index is 11.2. The number of hydrogen-bond donors (Lipinski definition) is 0. The Morgan fingerprint density at radius 1 is 1.15 bits per heavy atom. The van der Waals surface area contributed by atoms with Crippen LogP contribution >= 0.6 is 0 Å². The van der Waals surface area contributed by atoms with Gasteiger partial charge in [-0.3, -0.25) is 4.94 Å². The van der Waals surface area contributed by atoms with Crippen LogP contribution in [0, 0.1) is 0 Å². The molecule has 0 aromatic rings. The number of hydrogen-bond acceptors (Lipinski definition) is 2. The molecule has 0 saturated heterocycles. The first kappa shape index (κ1) is 15.5. The van der Waals surface area contributed by atoms with Crippen LogP contribution in [0.2, 0.25) is 0 Å². The van der Waals surface area contributed by atoms with Crippen molar-refractivity contribution in [2.75, 3.05) is 0 Å². The Morgan fingerprint density at radius 3 is 2.23 bits per heavy atom. The van der Waals surface area contributed by atoms with Crippen molar-refractivity contribution in [2.24, 2.45) is 0 Å². The van der Waals surface area contributed by atoms with E-state index in [0.717, 1.165) is 19.3 Å². The molecule has 0 radical (unpaired) electrons. The number of carbonyl (C=O) groups is 1. The van der Waals surface area contributed by atoms with E-state index in [9.17, 15) is 9.32 Å². The quantitative estimate of drug-likeness (QED) is 0.506. The van der Waals surface area contributed by atoms with Crippen LogP contribution in [0.5, 0.6) is 0 Å². The van der Waals surface area contributed by atoms with Gasteiger partial charge in [0.15, 0.2) is 0 Å². The maximum Gasteiger partial charge on any atom is 0.348 e. The predicted octanol–water partition coefficient (Wildman–Crippen LogP) is 3.16. The monoisotopic (exact) mass is 240 g/mol. The van der Waals surface area contributed by atoms with E-state index in [1.807, 2.05) is 0 Å². The van der Waals surface area contributed by atoms with E-state index in [-0.39, 0.29) is 25.9 Å². The van der Waals surface area contributed by atoms with Crippen molar-refractivity contribution in [1.29, 1.82) is 0 Å². The third-order valence-corrected chi connectivity index (χ3v) is 1.82. The first-order valence-corrected chi connectivity index (χ1v) is 4.62. The van der Waals surface area contributed by atoms with Gasteiger partial charge in [0.2, 0.25) is 0 Å². The third kappa shape index (κ3) is 12.0. The summed E-state index contributed by atoms with van der Waals surface area (Å²) in [4.78, 5) is 13.3. The van der Waals surface area contributed by atoms with Gasteiger partial charge < -0.3 is 0 Å². The zero-order valence-corrected chi connectivity index (χ0v) is 11.3. The van der Waals surface area contributed by atoms with Crippen LogP contribution in [0.25, 0.3) is 0 Å². The SMILES string of the molecule is CCCCCCCCC(=O)OF.[Zn]. The Kier molecular flexibility index (Phi) is 14.3. The second-order valence-corrected chi connectivity index (χ2v) is 2.97. The van der Waals surface area contributed by atoms with Gasteiger partial charge in [-0.15, -0.1) is 0 Å². The molecule has 0 unspecified atom stereocenters. The number of halogens is 1. The second kappa shape index (κ2) is 12.0. The summed E-state index contributed by atoms with van der Waals surface area (Å²) in [6.07, 6.45) is 6.75. The molecule has 0 heterocycles. The molecule has 0 bridgehead atoms. The van der Waals surface area contributed by atoms with E-state index < -0.39 is 5.97 Å². The van der Waals surface area contributed by atoms with Crippen molar-refractivity contribution in [3.8, 4) is 0 Å². The molecule has 2 nitrogen and oxygen atoms in total. The molecular weight excluding hydrogens is 224 g/mol. The van der Waals surface area contributed by atoms with Crippen molar-refractivity contribution in [3.63, 3.8) is 0 Å². The summed E-state index contributed by atoms with van der Waals surface area (Å²) in [5, 5.41) is 0. The molecule has 0 rings (SSSR count). The average Bonchev–Trinajstić information content (AvgIpc) is 2.10. The molecule has 13 heavy (non-hydrogen) atoms. The largest absolute Gasteiger partial charge is 0.348 e. The summed E-state index contributed by atoms with van der Waals surface area (Å²) < 4.78 is 11.2. The van der Waals surface area contributed by atoms with Crippen molar-refractivity contribution >= 4 is 5.97 Å². The smallest absolute Gasteiger partial charge is 0.255 e. The van der Waals surface area contributed by atoms with Crippen LogP contribution in [0.15, 0.2) is 0 Å². The van der Waals surface area contributed by atoms with Gasteiger partial charge in [-0.2, -0.15) is 0 Å². The Balaban J connectivity index is 0. The zero-order chi connectivity index (χ0) is 9.23. The summed E-state index contributed by atoms with van der Waals surface area (Å²) in [5.41, 5.74) is 0. The second-order valence-electron chi connectivity index (χ2n) is 2.97. The molecule has 0 aromatic carbocycles. The molecular formula is C9H17FO2Zn. The average molecular weight is 242 g/mol. The minimum absolute atomic E-state index is 0. The number of unbranched alkanes of at least 4 members (excludes halogenated alkanes) is 5. The first-order chi connectivity index (χ1) is 5.81. The summed E-state index contributed by atoms with van der Waals surface area (Å²) in [6.45, 7) is 2.15. The fraction of sp³-hybridized carbons (Fsp3) is 0.889. The summed E-state index contributed by atoms with van der Waals surface area (Å²) in [7, 11) is 0. The van der Waals surface area contributed by atoms with Gasteiger partial charge in [0.05, 0.1) is 0 Å². The maximum atomic E-state index is 11.2. The van der Waals surface area contributed by atoms with E-state index in [1.54, 1.807) is 0 Å². The van der Waals surface area contributed by atoms with Gasteiger partial charge >= 0.3 is 5.97 Å². The van der Waals surface area contributed by atoms with Gasteiger partial charge in [0, 0.05) is 30.4 Å². The van der Waals surface area contributed by atoms with Crippen LogP contribution in [-0.4, -0.2) is 5.97 Å². The molecule has 0 atom stereocenters.